The molecule has 0 atom stereocenters. The summed E-state index contributed by atoms with van der Waals surface area (Å²) >= 11 is 18.3. The van der Waals surface area contributed by atoms with E-state index in [4.69, 9.17) is 49.3 Å². The molecule has 8 heteroatoms. The molecule has 0 bridgehead atoms. The average molecular weight is 490 g/mol. The van der Waals surface area contributed by atoms with Crippen LogP contribution in [0.4, 0.5) is 0 Å². The second kappa shape index (κ2) is 9.82. The number of aromatic nitrogens is 2. The lowest BCUT2D eigenvalue weighted by Crippen LogP contribution is -2.24. The van der Waals surface area contributed by atoms with Crippen molar-refractivity contribution in [3.63, 3.8) is 0 Å². The van der Waals surface area contributed by atoms with E-state index in [0.717, 1.165) is 11.3 Å². The highest BCUT2D eigenvalue weighted by Gasteiger charge is 2.14. The molecule has 0 aliphatic carbocycles. The van der Waals surface area contributed by atoms with Gasteiger partial charge in [0.15, 0.2) is 5.75 Å². The Bertz CT molecular complexity index is 1300. The predicted molar refractivity (Wildman–Crippen MR) is 130 cm³/mol. The summed E-state index contributed by atoms with van der Waals surface area (Å²) in [6, 6.07) is 17.9. The van der Waals surface area contributed by atoms with Gasteiger partial charge in [-0.15, -0.1) is 0 Å². The number of benzene rings is 3. The number of nitrogens with zero attached hydrogens (tertiary/aromatic N) is 2. The van der Waals surface area contributed by atoms with E-state index in [0.29, 0.717) is 57.1 Å². The third-order valence-electron chi connectivity index (χ3n) is 4.95. The summed E-state index contributed by atoms with van der Waals surface area (Å²) in [7, 11) is 1.61. The summed E-state index contributed by atoms with van der Waals surface area (Å²) in [5.41, 5.74) is 1.36. The van der Waals surface area contributed by atoms with E-state index < -0.39 is 0 Å². The van der Waals surface area contributed by atoms with Crippen molar-refractivity contribution < 1.29 is 9.47 Å². The number of hydrogen-bond acceptors (Lipinski definition) is 4. The number of ether oxygens (including phenoxy) is 2. The number of rotatable bonds is 7. The van der Waals surface area contributed by atoms with Crippen molar-refractivity contribution in [1.29, 1.82) is 0 Å². The Hall–Kier alpha value is -2.73. The Kier molecular flexibility index (Phi) is 6.89. The van der Waals surface area contributed by atoms with Gasteiger partial charge in [0.05, 0.1) is 34.7 Å². The standard InChI is InChI=1S/C24H19Cl3N2O3/c1-31-17-9-7-15(8-10-17)23-28-21-6-3-2-5-18(21)24(30)29(23)11-4-12-32-22-19(26)13-16(25)14-20(22)27/h2-3,5-10,13-14H,4,11-12H2,1H3. The Balaban J connectivity index is 1.62. The highest BCUT2D eigenvalue weighted by molar-refractivity contribution is 6.40. The average Bonchev–Trinajstić information content (AvgIpc) is 2.79. The van der Waals surface area contributed by atoms with E-state index >= 15 is 0 Å². The van der Waals surface area contributed by atoms with Gasteiger partial charge < -0.3 is 9.47 Å². The van der Waals surface area contributed by atoms with E-state index in [1.54, 1.807) is 29.9 Å². The van der Waals surface area contributed by atoms with Crippen LogP contribution in [0.1, 0.15) is 6.42 Å². The molecule has 0 spiro atoms. The molecule has 164 valence electrons. The maximum absolute atomic E-state index is 13.3. The van der Waals surface area contributed by atoms with E-state index in [-0.39, 0.29) is 5.56 Å². The van der Waals surface area contributed by atoms with Crippen LogP contribution in [0.3, 0.4) is 0 Å². The Labute approximate surface area is 200 Å². The number of para-hydroxylation sites is 1. The third kappa shape index (κ3) is 4.70. The van der Waals surface area contributed by atoms with Crippen LogP contribution >= 0.6 is 34.8 Å². The molecule has 1 aromatic heterocycles. The van der Waals surface area contributed by atoms with Crippen LogP contribution in [-0.2, 0) is 6.54 Å². The molecule has 4 aromatic rings. The fourth-order valence-corrected chi connectivity index (χ4v) is 4.33. The van der Waals surface area contributed by atoms with Crippen LogP contribution in [0.25, 0.3) is 22.3 Å². The summed E-state index contributed by atoms with van der Waals surface area (Å²) in [5, 5.41) is 1.68. The molecular weight excluding hydrogens is 471 g/mol. The third-order valence-corrected chi connectivity index (χ3v) is 5.73. The largest absolute Gasteiger partial charge is 0.497 e. The minimum Gasteiger partial charge on any atom is -0.497 e. The molecule has 0 amide bonds. The summed E-state index contributed by atoms with van der Waals surface area (Å²) in [5.74, 6) is 1.68. The number of halogens is 3. The predicted octanol–water partition coefficient (Wildman–Crippen LogP) is 6.50. The molecule has 0 fully saturated rings. The summed E-state index contributed by atoms with van der Waals surface area (Å²) < 4.78 is 12.7. The molecule has 4 rings (SSSR count). The SMILES string of the molecule is COc1ccc(-c2nc3ccccc3c(=O)n2CCCOc2c(Cl)cc(Cl)cc2Cl)cc1. The van der Waals surface area contributed by atoms with Crippen LogP contribution in [0, 0.1) is 0 Å². The van der Waals surface area contributed by atoms with Gasteiger partial charge in [0.25, 0.3) is 5.56 Å². The first-order valence-electron chi connectivity index (χ1n) is 9.89. The lowest BCUT2D eigenvalue weighted by molar-refractivity contribution is 0.301. The molecule has 0 saturated carbocycles. The van der Waals surface area contributed by atoms with E-state index in [1.807, 2.05) is 42.5 Å². The Morgan fingerprint density at radius 3 is 2.34 bits per heavy atom. The van der Waals surface area contributed by atoms with Crippen LogP contribution < -0.4 is 15.0 Å². The normalized spacial score (nSPS) is 11.0. The topological polar surface area (TPSA) is 53.3 Å². The van der Waals surface area contributed by atoms with Gasteiger partial charge in [-0.2, -0.15) is 0 Å². The van der Waals surface area contributed by atoms with Crippen LogP contribution in [0.2, 0.25) is 15.1 Å². The molecule has 3 aromatic carbocycles. The molecule has 0 saturated heterocycles. The number of fused-ring (bicyclic) bond motifs is 1. The molecule has 0 unspecified atom stereocenters. The monoisotopic (exact) mass is 488 g/mol. The van der Waals surface area contributed by atoms with Gasteiger partial charge in [-0.25, -0.2) is 4.98 Å². The molecule has 0 N–H and O–H groups in total. The zero-order valence-electron chi connectivity index (χ0n) is 17.1. The maximum Gasteiger partial charge on any atom is 0.261 e. The lowest BCUT2D eigenvalue weighted by Gasteiger charge is -2.15. The zero-order valence-corrected chi connectivity index (χ0v) is 19.4. The van der Waals surface area contributed by atoms with Gasteiger partial charge in [-0.1, -0.05) is 46.9 Å². The second-order valence-electron chi connectivity index (χ2n) is 7.04. The molecule has 0 aliphatic rings. The summed E-state index contributed by atoms with van der Waals surface area (Å²) in [6.45, 7) is 0.712. The van der Waals surface area contributed by atoms with Crippen molar-refractivity contribution in [2.75, 3.05) is 13.7 Å². The maximum atomic E-state index is 13.3. The van der Waals surface area contributed by atoms with Crippen LogP contribution in [0.15, 0.2) is 65.5 Å². The van der Waals surface area contributed by atoms with Crippen molar-refractivity contribution in [2.24, 2.45) is 0 Å². The summed E-state index contributed by atoms with van der Waals surface area (Å²) in [4.78, 5) is 18.0. The van der Waals surface area contributed by atoms with E-state index in [2.05, 4.69) is 0 Å². The van der Waals surface area contributed by atoms with Crippen molar-refractivity contribution in [1.82, 2.24) is 9.55 Å². The zero-order chi connectivity index (χ0) is 22.7. The van der Waals surface area contributed by atoms with E-state index in [9.17, 15) is 4.79 Å². The van der Waals surface area contributed by atoms with Crippen molar-refractivity contribution in [3.8, 4) is 22.9 Å². The highest BCUT2D eigenvalue weighted by atomic mass is 35.5. The van der Waals surface area contributed by atoms with Gasteiger partial charge in [0.1, 0.15) is 11.6 Å². The fourth-order valence-electron chi connectivity index (χ4n) is 3.40. The minimum absolute atomic E-state index is 0.107. The van der Waals surface area contributed by atoms with Crippen molar-refractivity contribution >= 4 is 45.7 Å². The van der Waals surface area contributed by atoms with Gasteiger partial charge >= 0.3 is 0 Å². The molecule has 5 nitrogen and oxygen atoms in total. The van der Waals surface area contributed by atoms with Crippen molar-refractivity contribution in [2.45, 2.75) is 13.0 Å². The molecule has 0 radical (unpaired) electrons. The quantitative estimate of drug-likeness (QED) is 0.278. The van der Waals surface area contributed by atoms with Gasteiger partial charge in [-0.3, -0.25) is 9.36 Å². The number of methoxy groups -OCH3 is 1. The van der Waals surface area contributed by atoms with Gasteiger partial charge in [0.2, 0.25) is 0 Å². The first-order valence-corrected chi connectivity index (χ1v) is 11.0. The Morgan fingerprint density at radius 1 is 0.969 bits per heavy atom. The molecule has 1 heterocycles. The second-order valence-corrected chi connectivity index (χ2v) is 8.29. The lowest BCUT2D eigenvalue weighted by atomic mass is 10.1. The smallest absolute Gasteiger partial charge is 0.261 e. The summed E-state index contributed by atoms with van der Waals surface area (Å²) in [6.07, 6.45) is 0.540. The molecular formula is C24H19Cl3N2O3. The Morgan fingerprint density at radius 2 is 1.66 bits per heavy atom. The highest BCUT2D eigenvalue weighted by Crippen LogP contribution is 2.35. The minimum atomic E-state index is -0.107. The first kappa shape index (κ1) is 22.5. The van der Waals surface area contributed by atoms with E-state index in [1.165, 1.54) is 0 Å². The molecule has 0 aliphatic heterocycles. The first-order chi connectivity index (χ1) is 15.5. The van der Waals surface area contributed by atoms with Gasteiger partial charge in [0, 0.05) is 17.1 Å². The van der Waals surface area contributed by atoms with Crippen molar-refractivity contribution in [3.05, 3.63) is 86.1 Å². The van der Waals surface area contributed by atoms with Crippen LogP contribution in [0.5, 0.6) is 11.5 Å². The fraction of sp³-hybridized carbons (Fsp3) is 0.167. The molecule has 32 heavy (non-hydrogen) atoms. The van der Waals surface area contributed by atoms with Crippen LogP contribution in [-0.4, -0.2) is 23.3 Å². The number of hydrogen-bond donors (Lipinski definition) is 0. The van der Waals surface area contributed by atoms with Gasteiger partial charge in [-0.05, 0) is 55.0 Å².